The van der Waals surface area contributed by atoms with E-state index in [1.54, 1.807) is 16.1 Å². The van der Waals surface area contributed by atoms with E-state index in [1.807, 2.05) is 24.4 Å². The molecule has 0 bridgehead atoms. The molecule has 0 radical (unpaired) electrons. The summed E-state index contributed by atoms with van der Waals surface area (Å²) in [6.45, 7) is 2.75. The fourth-order valence-electron chi connectivity index (χ4n) is 2.71. The molecule has 3 rings (SSSR count). The van der Waals surface area contributed by atoms with Gasteiger partial charge in [0.2, 0.25) is 10.0 Å². The second-order valence-corrected chi connectivity index (χ2v) is 8.52. The summed E-state index contributed by atoms with van der Waals surface area (Å²) in [6, 6.07) is 10.2. The highest BCUT2D eigenvalue weighted by Crippen LogP contribution is 2.29. The quantitative estimate of drug-likeness (QED) is 0.904. The maximum atomic E-state index is 11.7. The number of nitrogens with zero attached hydrogens (tertiary/aromatic N) is 2. The lowest BCUT2D eigenvalue weighted by Gasteiger charge is -2.27. The average Bonchev–Trinajstić information content (AvgIpc) is 2.82. The van der Waals surface area contributed by atoms with E-state index in [9.17, 15) is 8.42 Å². The Morgan fingerprint density at radius 3 is 2.52 bits per heavy atom. The number of hydrogen-bond donors (Lipinski definition) is 1. The molecular weight excluding hydrogens is 330 g/mol. The minimum absolute atomic E-state index is 0.548. The molecule has 1 aromatic carbocycles. The summed E-state index contributed by atoms with van der Waals surface area (Å²) in [6.07, 6.45) is 4.15. The van der Waals surface area contributed by atoms with Gasteiger partial charge in [-0.1, -0.05) is 42.1 Å². The van der Waals surface area contributed by atoms with Crippen LogP contribution >= 0.6 is 11.8 Å². The van der Waals surface area contributed by atoms with Crippen LogP contribution in [-0.2, 0) is 10.0 Å². The number of sulfonamides is 1. The summed E-state index contributed by atoms with van der Waals surface area (Å²) < 4.78 is 24.9. The van der Waals surface area contributed by atoms with Crippen molar-refractivity contribution in [2.24, 2.45) is 0 Å². The largest absolute Gasteiger partial charge is 0.364 e. The van der Waals surface area contributed by atoms with Crippen molar-refractivity contribution in [3.05, 3.63) is 52.5 Å². The van der Waals surface area contributed by atoms with Crippen molar-refractivity contribution in [1.29, 1.82) is 0 Å². The van der Waals surface area contributed by atoms with Crippen molar-refractivity contribution in [2.45, 2.75) is 6.42 Å². The van der Waals surface area contributed by atoms with Gasteiger partial charge in [-0.15, -0.1) is 0 Å². The third-order valence-corrected chi connectivity index (χ3v) is 6.24. The predicted octanol–water partition coefficient (Wildman–Crippen LogP) is 2.09. The summed E-state index contributed by atoms with van der Waals surface area (Å²) in [5.74, 6) is 0. The minimum Gasteiger partial charge on any atom is -0.364 e. The van der Waals surface area contributed by atoms with Crippen LogP contribution in [0.15, 0.2) is 47.0 Å². The smallest absolute Gasteiger partial charge is 0.211 e. The van der Waals surface area contributed by atoms with Gasteiger partial charge in [0.05, 0.1) is 17.0 Å². The van der Waals surface area contributed by atoms with Gasteiger partial charge in [0.25, 0.3) is 0 Å². The van der Waals surface area contributed by atoms with Crippen LogP contribution in [-0.4, -0.2) is 50.1 Å². The van der Waals surface area contributed by atoms with Gasteiger partial charge in [-0.3, -0.25) is 0 Å². The fourth-order valence-corrected chi connectivity index (χ4v) is 4.48. The van der Waals surface area contributed by atoms with Gasteiger partial charge < -0.3 is 10.2 Å². The zero-order valence-electron chi connectivity index (χ0n) is 13.1. The second-order valence-electron chi connectivity index (χ2n) is 5.64. The van der Waals surface area contributed by atoms with Crippen LogP contribution in [0.25, 0.3) is 5.70 Å². The van der Waals surface area contributed by atoms with E-state index in [2.05, 4.69) is 27.8 Å². The van der Waals surface area contributed by atoms with Crippen LogP contribution in [0.2, 0.25) is 0 Å². The molecule has 124 valence electrons. The van der Waals surface area contributed by atoms with Crippen LogP contribution in [0.5, 0.6) is 0 Å². The molecule has 1 saturated heterocycles. The molecule has 0 atom stereocenters. The Morgan fingerprint density at radius 1 is 1.09 bits per heavy atom. The van der Waals surface area contributed by atoms with E-state index >= 15 is 0 Å². The topological polar surface area (TPSA) is 52.7 Å². The fraction of sp³-hybridized carbons (Fsp3) is 0.375. The van der Waals surface area contributed by atoms with Gasteiger partial charge in [0.1, 0.15) is 0 Å². The molecule has 2 aliphatic rings. The zero-order chi connectivity index (χ0) is 16.3. The summed E-state index contributed by atoms with van der Waals surface area (Å²) in [4.78, 5) is 2.25. The van der Waals surface area contributed by atoms with Crippen LogP contribution in [0.3, 0.4) is 0 Å². The van der Waals surface area contributed by atoms with Crippen molar-refractivity contribution >= 4 is 27.5 Å². The second kappa shape index (κ2) is 6.98. The monoisotopic (exact) mass is 351 g/mol. The molecule has 2 heterocycles. The van der Waals surface area contributed by atoms with E-state index in [-0.39, 0.29) is 0 Å². The predicted molar refractivity (Wildman–Crippen MR) is 95.8 cm³/mol. The molecule has 23 heavy (non-hydrogen) atoms. The van der Waals surface area contributed by atoms with E-state index in [4.69, 9.17) is 0 Å². The first-order valence-corrected chi connectivity index (χ1v) is 10.4. The van der Waals surface area contributed by atoms with Crippen molar-refractivity contribution in [1.82, 2.24) is 14.5 Å². The Labute approximate surface area is 142 Å². The first-order chi connectivity index (χ1) is 11.0. The lowest BCUT2D eigenvalue weighted by molar-refractivity contribution is 0.375. The first-order valence-electron chi connectivity index (χ1n) is 7.63. The molecular formula is C16H21N3O2S2. The van der Waals surface area contributed by atoms with Crippen LogP contribution < -0.4 is 5.32 Å². The van der Waals surface area contributed by atoms with Crippen molar-refractivity contribution < 1.29 is 8.42 Å². The number of benzene rings is 1. The van der Waals surface area contributed by atoms with Gasteiger partial charge in [-0.2, -0.15) is 0 Å². The molecule has 0 aromatic heterocycles. The van der Waals surface area contributed by atoms with Gasteiger partial charge in [0, 0.05) is 37.8 Å². The number of rotatable bonds is 3. The Morgan fingerprint density at radius 2 is 1.87 bits per heavy atom. The van der Waals surface area contributed by atoms with Gasteiger partial charge in [0.15, 0.2) is 0 Å². The highest BCUT2D eigenvalue weighted by molar-refractivity contribution is 8.05. The maximum Gasteiger partial charge on any atom is 0.211 e. The molecule has 7 heteroatoms. The highest BCUT2D eigenvalue weighted by atomic mass is 32.2. The third kappa shape index (κ3) is 4.10. The van der Waals surface area contributed by atoms with Crippen molar-refractivity contribution in [3.63, 3.8) is 0 Å². The molecule has 2 aliphatic heterocycles. The highest BCUT2D eigenvalue weighted by Gasteiger charge is 2.23. The van der Waals surface area contributed by atoms with E-state index in [0.717, 1.165) is 35.8 Å². The van der Waals surface area contributed by atoms with E-state index in [1.165, 1.54) is 6.26 Å². The molecule has 1 fully saturated rings. The summed E-state index contributed by atoms with van der Waals surface area (Å²) in [5, 5.41) is 6.60. The van der Waals surface area contributed by atoms with Crippen LogP contribution in [0, 0.1) is 0 Å². The van der Waals surface area contributed by atoms with Gasteiger partial charge >= 0.3 is 0 Å². The van der Waals surface area contributed by atoms with Crippen LogP contribution in [0.1, 0.15) is 12.0 Å². The lowest BCUT2D eigenvalue weighted by Crippen LogP contribution is -2.34. The molecule has 1 aromatic rings. The standard InChI is InChI=1S/C16H21N3O2S2/c1-23(20,21)19-9-5-8-18(10-11-19)16-12-17-15(13-22-16)14-6-3-2-4-7-14/h2-4,6-7,12-13,17H,5,8-11H2,1H3. The molecule has 0 amide bonds. The first kappa shape index (κ1) is 16.4. The Bertz CT molecular complexity index is 714. The summed E-state index contributed by atoms with van der Waals surface area (Å²) >= 11 is 1.69. The van der Waals surface area contributed by atoms with Crippen LogP contribution in [0.4, 0.5) is 0 Å². The molecule has 0 aliphatic carbocycles. The van der Waals surface area contributed by atoms with Crippen molar-refractivity contribution in [3.8, 4) is 0 Å². The molecule has 5 nitrogen and oxygen atoms in total. The third-order valence-electron chi connectivity index (χ3n) is 3.97. The number of hydrogen-bond acceptors (Lipinski definition) is 5. The number of nitrogens with one attached hydrogen (secondary N) is 1. The lowest BCUT2D eigenvalue weighted by atomic mass is 10.2. The summed E-state index contributed by atoms with van der Waals surface area (Å²) in [7, 11) is -3.10. The van der Waals surface area contributed by atoms with E-state index in [0.29, 0.717) is 13.1 Å². The Kier molecular flexibility index (Phi) is 4.99. The molecule has 0 unspecified atom stereocenters. The Hall–Kier alpha value is -1.44. The molecule has 1 N–H and O–H groups in total. The van der Waals surface area contributed by atoms with E-state index < -0.39 is 10.0 Å². The Balaban J connectivity index is 1.63. The molecule has 0 spiro atoms. The summed E-state index contributed by atoms with van der Waals surface area (Å²) in [5.41, 5.74) is 2.25. The average molecular weight is 351 g/mol. The van der Waals surface area contributed by atoms with Crippen molar-refractivity contribution in [2.75, 3.05) is 32.4 Å². The SMILES string of the molecule is CS(=O)(=O)N1CCCN(C2=CNC(c3ccccc3)=CS2)CC1. The maximum absolute atomic E-state index is 11.7. The normalized spacial score (nSPS) is 20.3. The minimum atomic E-state index is -3.10. The number of thioether (sulfide) groups is 1. The van der Waals surface area contributed by atoms with Gasteiger partial charge in [-0.05, 0) is 12.0 Å². The van der Waals surface area contributed by atoms with Gasteiger partial charge in [-0.25, -0.2) is 12.7 Å². The molecule has 0 saturated carbocycles. The zero-order valence-corrected chi connectivity index (χ0v) is 14.7.